The van der Waals surface area contributed by atoms with Crippen molar-refractivity contribution in [3.63, 3.8) is 0 Å². The van der Waals surface area contributed by atoms with E-state index in [0.717, 1.165) is 25.7 Å². The summed E-state index contributed by atoms with van der Waals surface area (Å²) < 4.78 is 1.87. The molecule has 2 rings (SSSR count). The van der Waals surface area contributed by atoms with E-state index in [1.807, 2.05) is 17.8 Å². The van der Waals surface area contributed by atoms with E-state index < -0.39 is 0 Å². The summed E-state index contributed by atoms with van der Waals surface area (Å²) in [6.45, 7) is 0. The lowest BCUT2D eigenvalue weighted by Gasteiger charge is -2.10. The number of carbonyl (C=O) groups is 1. The molecule has 2 N–H and O–H groups in total. The van der Waals surface area contributed by atoms with Crippen LogP contribution in [0.2, 0.25) is 0 Å². The average Bonchev–Trinajstić information content (AvgIpc) is 2.89. The Morgan fingerprint density at radius 1 is 1.69 bits per heavy atom. The van der Waals surface area contributed by atoms with Crippen molar-refractivity contribution in [1.82, 2.24) is 15.3 Å². The zero-order valence-electron chi connectivity index (χ0n) is 9.39. The summed E-state index contributed by atoms with van der Waals surface area (Å²) in [6.07, 6.45) is 5.53. The first-order chi connectivity index (χ1) is 7.70. The van der Waals surface area contributed by atoms with Crippen LogP contribution >= 0.6 is 0 Å². The van der Waals surface area contributed by atoms with Crippen LogP contribution in [0.25, 0.3) is 0 Å². The van der Waals surface area contributed by atoms with Crippen LogP contribution in [0.5, 0.6) is 0 Å². The van der Waals surface area contributed by atoms with Crippen molar-refractivity contribution >= 4 is 5.91 Å². The topological polar surface area (TPSA) is 67.2 Å². The number of rotatable bonds is 3. The van der Waals surface area contributed by atoms with Crippen molar-refractivity contribution < 1.29 is 10.0 Å². The van der Waals surface area contributed by atoms with Gasteiger partial charge in [0, 0.05) is 24.9 Å². The Balaban J connectivity index is 1.90. The Labute approximate surface area is 94.4 Å². The van der Waals surface area contributed by atoms with Crippen LogP contribution in [0.4, 0.5) is 0 Å². The lowest BCUT2D eigenvalue weighted by Crippen LogP contribution is -2.26. The van der Waals surface area contributed by atoms with Crippen LogP contribution in [0.3, 0.4) is 0 Å². The van der Waals surface area contributed by atoms with Gasteiger partial charge in [-0.25, -0.2) is 5.48 Å². The molecule has 1 aromatic rings. The molecule has 0 aromatic carbocycles. The van der Waals surface area contributed by atoms with Gasteiger partial charge in [0.15, 0.2) is 0 Å². The first-order valence-electron chi connectivity index (χ1n) is 5.61. The van der Waals surface area contributed by atoms with Crippen molar-refractivity contribution in [3.05, 3.63) is 18.0 Å². The predicted molar refractivity (Wildman–Crippen MR) is 57.7 cm³/mol. The molecule has 5 nitrogen and oxygen atoms in total. The summed E-state index contributed by atoms with van der Waals surface area (Å²) in [5, 5.41) is 12.7. The van der Waals surface area contributed by atoms with Crippen LogP contribution in [0.1, 0.15) is 25.0 Å². The molecular formula is C11H17N3O2. The van der Waals surface area contributed by atoms with Crippen LogP contribution in [0, 0.1) is 11.8 Å². The molecule has 0 bridgehead atoms. The second-order valence-corrected chi connectivity index (χ2v) is 4.50. The Kier molecular flexibility index (Phi) is 3.24. The maximum Gasteiger partial charge on any atom is 0.246 e. The number of hydrogen-bond acceptors (Lipinski definition) is 3. The zero-order valence-corrected chi connectivity index (χ0v) is 9.39. The molecule has 88 valence electrons. The molecule has 0 spiro atoms. The van der Waals surface area contributed by atoms with E-state index in [0.29, 0.717) is 5.92 Å². The van der Waals surface area contributed by atoms with Gasteiger partial charge in [0.2, 0.25) is 5.91 Å². The number of aryl methyl sites for hydroxylation is 1. The molecule has 16 heavy (non-hydrogen) atoms. The van der Waals surface area contributed by atoms with E-state index in [4.69, 9.17) is 5.21 Å². The van der Waals surface area contributed by atoms with Gasteiger partial charge in [-0.3, -0.25) is 14.7 Å². The van der Waals surface area contributed by atoms with Crippen LogP contribution in [-0.2, 0) is 18.3 Å². The molecule has 0 unspecified atom stereocenters. The largest absolute Gasteiger partial charge is 0.289 e. The first-order valence-corrected chi connectivity index (χ1v) is 5.61. The fourth-order valence-corrected chi connectivity index (χ4v) is 2.49. The third-order valence-electron chi connectivity index (χ3n) is 3.44. The van der Waals surface area contributed by atoms with Crippen molar-refractivity contribution in [2.24, 2.45) is 18.9 Å². The van der Waals surface area contributed by atoms with Crippen molar-refractivity contribution in [3.8, 4) is 0 Å². The smallest absolute Gasteiger partial charge is 0.246 e. The minimum absolute atomic E-state index is 0.0248. The van der Waals surface area contributed by atoms with Gasteiger partial charge in [0.25, 0.3) is 0 Å². The van der Waals surface area contributed by atoms with E-state index in [2.05, 4.69) is 5.10 Å². The number of nitrogens with one attached hydrogen (secondary N) is 1. The molecule has 1 aromatic heterocycles. The molecule has 1 heterocycles. The van der Waals surface area contributed by atoms with Gasteiger partial charge in [-0.2, -0.15) is 5.10 Å². The fourth-order valence-electron chi connectivity index (χ4n) is 2.49. The molecule has 0 saturated heterocycles. The van der Waals surface area contributed by atoms with E-state index >= 15 is 0 Å². The summed E-state index contributed by atoms with van der Waals surface area (Å²) in [4.78, 5) is 11.3. The summed E-state index contributed by atoms with van der Waals surface area (Å²) in [7, 11) is 1.93. The monoisotopic (exact) mass is 223 g/mol. The lowest BCUT2D eigenvalue weighted by atomic mass is 9.99. The second-order valence-electron chi connectivity index (χ2n) is 4.50. The molecule has 1 aliphatic carbocycles. The number of hydrogen-bond donors (Lipinski definition) is 2. The predicted octanol–water partition coefficient (Wildman–Crippen LogP) is 0.884. The normalized spacial score (nSPS) is 24.6. The number of amides is 1. The molecule has 0 aliphatic heterocycles. The Hall–Kier alpha value is -1.36. The van der Waals surface area contributed by atoms with Gasteiger partial charge in [-0.1, -0.05) is 0 Å². The van der Waals surface area contributed by atoms with Gasteiger partial charge in [-0.15, -0.1) is 0 Å². The zero-order chi connectivity index (χ0) is 11.5. The van der Waals surface area contributed by atoms with E-state index in [9.17, 15) is 4.79 Å². The molecule has 1 aliphatic rings. The third kappa shape index (κ3) is 2.24. The van der Waals surface area contributed by atoms with Gasteiger partial charge in [0.1, 0.15) is 0 Å². The minimum atomic E-state index is -0.243. The number of carbonyl (C=O) groups excluding carboxylic acids is 1. The number of aromatic nitrogens is 2. The highest BCUT2D eigenvalue weighted by atomic mass is 16.5. The molecule has 1 saturated carbocycles. The van der Waals surface area contributed by atoms with Crippen LogP contribution < -0.4 is 5.48 Å². The van der Waals surface area contributed by atoms with Crippen molar-refractivity contribution in [2.45, 2.75) is 25.7 Å². The van der Waals surface area contributed by atoms with E-state index in [-0.39, 0.29) is 11.8 Å². The summed E-state index contributed by atoms with van der Waals surface area (Å²) >= 11 is 0. The van der Waals surface area contributed by atoms with E-state index in [1.54, 1.807) is 11.7 Å². The molecule has 5 heteroatoms. The van der Waals surface area contributed by atoms with Gasteiger partial charge < -0.3 is 0 Å². The SMILES string of the molecule is Cn1nccc1C[C@H]1CC[C@H](C(=O)NO)C1. The highest BCUT2D eigenvalue weighted by Crippen LogP contribution is 2.33. The van der Waals surface area contributed by atoms with Gasteiger partial charge in [-0.05, 0) is 37.7 Å². The summed E-state index contributed by atoms with van der Waals surface area (Å²) in [5.74, 6) is 0.258. The van der Waals surface area contributed by atoms with Crippen molar-refractivity contribution in [1.29, 1.82) is 0 Å². The maximum absolute atomic E-state index is 11.3. The second kappa shape index (κ2) is 4.65. The van der Waals surface area contributed by atoms with Crippen LogP contribution in [-0.4, -0.2) is 20.9 Å². The fraction of sp³-hybridized carbons (Fsp3) is 0.636. The van der Waals surface area contributed by atoms with E-state index in [1.165, 1.54) is 5.69 Å². The highest BCUT2D eigenvalue weighted by Gasteiger charge is 2.30. The third-order valence-corrected chi connectivity index (χ3v) is 3.44. The van der Waals surface area contributed by atoms with Gasteiger partial charge in [0.05, 0.1) is 0 Å². The standard InChI is InChI=1S/C11H17N3O2/c1-14-10(4-5-12-14)7-8-2-3-9(6-8)11(15)13-16/h4-5,8-9,16H,2-3,6-7H2,1H3,(H,13,15)/t8-,9-/m0/s1. The Morgan fingerprint density at radius 3 is 3.12 bits per heavy atom. The Morgan fingerprint density at radius 2 is 2.50 bits per heavy atom. The summed E-state index contributed by atoms with van der Waals surface area (Å²) in [5.41, 5.74) is 2.94. The quantitative estimate of drug-likeness (QED) is 0.590. The highest BCUT2D eigenvalue weighted by molar-refractivity contribution is 5.77. The molecule has 2 atom stereocenters. The maximum atomic E-state index is 11.3. The van der Waals surface area contributed by atoms with Gasteiger partial charge >= 0.3 is 0 Å². The minimum Gasteiger partial charge on any atom is -0.289 e. The lowest BCUT2D eigenvalue weighted by molar-refractivity contribution is -0.133. The average molecular weight is 223 g/mol. The molecule has 0 radical (unpaired) electrons. The molecular weight excluding hydrogens is 206 g/mol. The number of nitrogens with zero attached hydrogens (tertiary/aromatic N) is 2. The summed E-state index contributed by atoms with van der Waals surface area (Å²) in [6, 6.07) is 2.01. The van der Waals surface area contributed by atoms with Crippen LogP contribution in [0.15, 0.2) is 12.3 Å². The first kappa shape index (κ1) is 11.1. The van der Waals surface area contributed by atoms with Crippen molar-refractivity contribution in [2.75, 3.05) is 0 Å². The Bertz CT molecular complexity index is 375. The number of hydroxylamine groups is 1. The molecule has 1 fully saturated rings. The molecule has 1 amide bonds.